The number of nitrogens with zero attached hydrogens (tertiary/aromatic N) is 1. The van der Waals surface area contributed by atoms with Crippen LogP contribution in [-0.2, 0) is 0 Å². The van der Waals surface area contributed by atoms with Gasteiger partial charge in [-0.15, -0.1) is 11.3 Å². The number of hydrazine groups is 1. The van der Waals surface area contributed by atoms with Crippen LogP contribution < -0.4 is 15.8 Å². The molecular formula is C14H14BrN3O2S. The Kier molecular flexibility index (Phi) is 4.98. The van der Waals surface area contributed by atoms with Gasteiger partial charge in [0.15, 0.2) is 0 Å². The normalized spacial score (nSPS) is 10.0. The van der Waals surface area contributed by atoms with Crippen molar-refractivity contribution in [2.45, 2.75) is 0 Å². The number of anilines is 1. The van der Waals surface area contributed by atoms with Crippen LogP contribution in [0.15, 0.2) is 39.5 Å². The lowest BCUT2D eigenvalue weighted by atomic mass is 10.2. The van der Waals surface area contributed by atoms with E-state index in [0.717, 1.165) is 9.47 Å². The number of benzene rings is 1. The maximum absolute atomic E-state index is 12.0. The summed E-state index contributed by atoms with van der Waals surface area (Å²) in [5, 5.41) is 1.71. The van der Waals surface area contributed by atoms with Crippen LogP contribution in [0.5, 0.6) is 0 Å². The zero-order valence-electron chi connectivity index (χ0n) is 11.5. The Morgan fingerprint density at radius 2 is 1.76 bits per heavy atom. The van der Waals surface area contributed by atoms with Gasteiger partial charge in [0.2, 0.25) is 0 Å². The van der Waals surface area contributed by atoms with Crippen LogP contribution in [0.25, 0.3) is 0 Å². The summed E-state index contributed by atoms with van der Waals surface area (Å²) in [7, 11) is 3.79. The molecule has 1 heterocycles. The van der Waals surface area contributed by atoms with Crippen LogP contribution in [0, 0.1) is 0 Å². The molecule has 0 saturated heterocycles. The molecule has 5 nitrogen and oxygen atoms in total. The maximum Gasteiger partial charge on any atom is 0.270 e. The molecule has 0 aliphatic rings. The van der Waals surface area contributed by atoms with Gasteiger partial charge < -0.3 is 4.90 Å². The molecule has 0 atom stereocenters. The van der Waals surface area contributed by atoms with Gasteiger partial charge in [-0.1, -0.05) is 6.07 Å². The summed E-state index contributed by atoms with van der Waals surface area (Å²) in [6, 6.07) is 8.83. The predicted molar refractivity (Wildman–Crippen MR) is 87.7 cm³/mol. The summed E-state index contributed by atoms with van der Waals surface area (Å²) in [5.41, 5.74) is 6.68. The summed E-state index contributed by atoms with van der Waals surface area (Å²) < 4.78 is 0.859. The summed E-state index contributed by atoms with van der Waals surface area (Å²) in [4.78, 5) is 25.7. The number of thiophene rings is 1. The van der Waals surface area contributed by atoms with Crippen LogP contribution >= 0.6 is 27.3 Å². The highest BCUT2D eigenvalue weighted by Gasteiger charge is 2.11. The van der Waals surface area contributed by atoms with E-state index in [1.165, 1.54) is 11.3 Å². The Hall–Kier alpha value is -1.86. The van der Waals surface area contributed by atoms with E-state index in [1.54, 1.807) is 29.6 Å². The van der Waals surface area contributed by atoms with E-state index in [1.807, 2.05) is 25.1 Å². The van der Waals surface area contributed by atoms with Crippen molar-refractivity contribution < 1.29 is 9.59 Å². The van der Waals surface area contributed by atoms with E-state index in [2.05, 4.69) is 26.8 Å². The topological polar surface area (TPSA) is 61.4 Å². The van der Waals surface area contributed by atoms with Crippen molar-refractivity contribution in [3.05, 3.63) is 50.6 Å². The monoisotopic (exact) mass is 367 g/mol. The quantitative estimate of drug-likeness (QED) is 0.819. The molecule has 2 N–H and O–H groups in total. The smallest absolute Gasteiger partial charge is 0.270 e. The number of halogens is 1. The molecule has 1 aromatic carbocycles. The fourth-order valence-electron chi connectivity index (χ4n) is 1.61. The summed E-state index contributed by atoms with van der Waals surface area (Å²) in [6.45, 7) is 0. The van der Waals surface area contributed by atoms with E-state index in [-0.39, 0.29) is 11.8 Å². The summed E-state index contributed by atoms with van der Waals surface area (Å²) in [5.74, 6) is -0.713. The van der Waals surface area contributed by atoms with Crippen molar-refractivity contribution in [3.63, 3.8) is 0 Å². The minimum atomic E-state index is -0.360. The van der Waals surface area contributed by atoms with Gasteiger partial charge in [-0.25, -0.2) is 0 Å². The average molecular weight is 368 g/mol. The first-order valence-electron chi connectivity index (χ1n) is 6.09. The molecule has 0 aliphatic carbocycles. The van der Waals surface area contributed by atoms with Crippen LogP contribution in [0.2, 0.25) is 0 Å². The van der Waals surface area contributed by atoms with E-state index >= 15 is 0 Å². The molecule has 0 unspecified atom stereocenters. The molecule has 2 rings (SSSR count). The van der Waals surface area contributed by atoms with Gasteiger partial charge in [-0.05, 0) is 40.2 Å². The summed E-state index contributed by atoms with van der Waals surface area (Å²) >= 11 is 4.69. The number of nitrogens with one attached hydrogen (secondary N) is 2. The molecular weight excluding hydrogens is 354 g/mol. The third-order valence-corrected chi connectivity index (χ3v) is 4.25. The fourth-order valence-corrected chi connectivity index (χ4v) is 2.75. The molecule has 0 bridgehead atoms. The number of amides is 2. The summed E-state index contributed by atoms with van der Waals surface area (Å²) in [6.07, 6.45) is 0. The lowest BCUT2D eigenvalue weighted by Gasteiger charge is -2.13. The Labute approximate surface area is 135 Å². The minimum Gasteiger partial charge on any atom is -0.378 e. The molecule has 2 amide bonds. The highest BCUT2D eigenvalue weighted by Crippen LogP contribution is 2.20. The third-order valence-electron chi connectivity index (χ3n) is 2.74. The molecule has 0 aliphatic heterocycles. The Morgan fingerprint density at radius 1 is 1.10 bits per heavy atom. The minimum absolute atomic E-state index is 0.353. The van der Waals surface area contributed by atoms with Crippen LogP contribution in [0.3, 0.4) is 0 Å². The van der Waals surface area contributed by atoms with Gasteiger partial charge in [0, 0.05) is 30.7 Å². The van der Waals surface area contributed by atoms with Crippen molar-refractivity contribution >= 4 is 44.8 Å². The highest BCUT2D eigenvalue weighted by molar-refractivity contribution is 9.11. The molecule has 2 aromatic rings. The number of carbonyl (C=O) groups excluding carboxylic acids is 2. The molecule has 0 radical (unpaired) electrons. The second kappa shape index (κ2) is 6.73. The largest absolute Gasteiger partial charge is 0.378 e. The van der Waals surface area contributed by atoms with Gasteiger partial charge >= 0.3 is 0 Å². The van der Waals surface area contributed by atoms with Gasteiger partial charge in [0.1, 0.15) is 0 Å². The van der Waals surface area contributed by atoms with Crippen LogP contribution in [-0.4, -0.2) is 25.9 Å². The van der Waals surface area contributed by atoms with Crippen molar-refractivity contribution in [3.8, 4) is 0 Å². The van der Waals surface area contributed by atoms with Crippen molar-refractivity contribution in [1.29, 1.82) is 0 Å². The van der Waals surface area contributed by atoms with Crippen LogP contribution in [0.4, 0.5) is 5.69 Å². The van der Waals surface area contributed by atoms with Gasteiger partial charge in [0.25, 0.3) is 11.8 Å². The van der Waals surface area contributed by atoms with Crippen LogP contribution in [0.1, 0.15) is 20.7 Å². The average Bonchev–Trinajstić information content (AvgIpc) is 2.91. The standard InChI is InChI=1S/C14H14BrN3O2S/c1-18(2)11-5-3-4-9(6-11)13(19)16-17-14(20)10-7-12(15)21-8-10/h3-8H,1-2H3,(H,16,19)(H,17,20). The van der Waals surface area contributed by atoms with Crippen molar-refractivity contribution in [2.24, 2.45) is 0 Å². The zero-order valence-corrected chi connectivity index (χ0v) is 13.9. The Balaban J connectivity index is 1.98. The van der Waals surface area contributed by atoms with E-state index < -0.39 is 0 Å². The second-order valence-electron chi connectivity index (χ2n) is 4.49. The number of carbonyl (C=O) groups is 2. The molecule has 0 fully saturated rings. The highest BCUT2D eigenvalue weighted by atomic mass is 79.9. The molecule has 0 spiro atoms. The van der Waals surface area contributed by atoms with E-state index in [4.69, 9.17) is 0 Å². The lowest BCUT2D eigenvalue weighted by Crippen LogP contribution is -2.41. The zero-order chi connectivity index (χ0) is 15.4. The number of hydrogen-bond donors (Lipinski definition) is 2. The first-order chi connectivity index (χ1) is 9.97. The molecule has 21 heavy (non-hydrogen) atoms. The third kappa shape index (κ3) is 4.05. The SMILES string of the molecule is CN(C)c1cccc(C(=O)NNC(=O)c2csc(Br)c2)c1. The Bertz CT molecular complexity index is 670. The molecule has 110 valence electrons. The maximum atomic E-state index is 12.0. The molecule has 1 aromatic heterocycles. The first kappa shape index (κ1) is 15.5. The van der Waals surface area contributed by atoms with Gasteiger partial charge in [-0.2, -0.15) is 0 Å². The molecule has 7 heteroatoms. The number of rotatable bonds is 3. The molecule has 0 saturated carbocycles. The second-order valence-corrected chi connectivity index (χ2v) is 6.78. The van der Waals surface area contributed by atoms with Gasteiger partial charge in [0.05, 0.1) is 9.35 Å². The number of hydrogen-bond acceptors (Lipinski definition) is 4. The van der Waals surface area contributed by atoms with E-state index in [0.29, 0.717) is 11.1 Å². The van der Waals surface area contributed by atoms with E-state index in [9.17, 15) is 9.59 Å². The predicted octanol–water partition coefficient (Wildman–Crippen LogP) is 2.65. The lowest BCUT2D eigenvalue weighted by molar-refractivity contribution is 0.0847. The van der Waals surface area contributed by atoms with Gasteiger partial charge in [-0.3, -0.25) is 20.4 Å². The van der Waals surface area contributed by atoms with Crippen molar-refractivity contribution in [2.75, 3.05) is 19.0 Å². The fraction of sp³-hybridized carbons (Fsp3) is 0.143. The Morgan fingerprint density at radius 3 is 2.33 bits per heavy atom. The van der Waals surface area contributed by atoms with Crippen molar-refractivity contribution in [1.82, 2.24) is 10.9 Å². The first-order valence-corrected chi connectivity index (χ1v) is 7.77.